The van der Waals surface area contributed by atoms with Crippen LogP contribution in [0.4, 0.5) is 0 Å². The Labute approximate surface area is 121 Å². The van der Waals surface area contributed by atoms with Gasteiger partial charge >= 0.3 is 0 Å². The summed E-state index contributed by atoms with van der Waals surface area (Å²) in [5, 5.41) is 0. The average molecular weight is 275 g/mol. The monoisotopic (exact) mass is 275 g/mol. The van der Waals surface area contributed by atoms with Crippen molar-refractivity contribution >= 4 is 5.78 Å². The summed E-state index contributed by atoms with van der Waals surface area (Å²) in [5.74, 6) is 0.722. The lowest BCUT2D eigenvalue weighted by atomic mass is 9.99. The number of hydrogen-bond acceptors (Lipinski definition) is 3. The minimum atomic E-state index is -0.256. The maximum Gasteiger partial charge on any atom is 0.167 e. The first-order chi connectivity index (χ1) is 9.60. The van der Waals surface area contributed by atoms with Gasteiger partial charge in [0.25, 0.3) is 0 Å². The van der Waals surface area contributed by atoms with Crippen LogP contribution in [-0.2, 0) is 16.0 Å². The molecular formula is C17H25NO2. The van der Waals surface area contributed by atoms with Crippen LogP contribution in [0.1, 0.15) is 37.8 Å². The average Bonchev–Trinajstić information content (AvgIpc) is 2.47. The van der Waals surface area contributed by atoms with Gasteiger partial charge in [-0.25, -0.2) is 0 Å². The Balaban J connectivity index is 1.93. The number of nitrogens with zero attached hydrogens (tertiary/aromatic N) is 1. The zero-order valence-corrected chi connectivity index (χ0v) is 12.8. The van der Waals surface area contributed by atoms with E-state index in [9.17, 15) is 4.79 Å². The molecule has 2 rings (SSSR count). The van der Waals surface area contributed by atoms with E-state index in [-0.39, 0.29) is 11.9 Å². The molecule has 1 unspecified atom stereocenters. The Morgan fingerprint density at radius 2 is 2.05 bits per heavy atom. The standard InChI is InChI=1S/C17H25NO2/c1-4-18-9-10-20-17(12-18)16(19)11-14-5-7-15(8-6-14)13(2)3/h5-8,13,17H,4,9-12H2,1-3H3. The van der Waals surface area contributed by atoms with Crippen LogP contribution in [-0.4, -0.2) is 43.0 Å². The van der Waals surface area contributed by atoms with Crippen molar-refractivity contribution in [3.05, 3.63) is 35.4 Å². The summed E-state index contributed by atoms with van der Waals surface area (Å²) >= 11 is 0. The molecule has 0 amide bonds. The minimum absolute atomic E-state index is 0.195. The second-order valence-corrected chi connectivity index (χ2v) is 5.79. The number of carbonyl (C=O) groups excluding carboxylic acids is 1. The molecule has 20 heavy (non-hydrogen) atoms. The van der Waals surface area contributed by atoms with Crippen molar-refractivity contribution in [2.24, 2.45) is 0 Å². The van der Waals surface area contributed by atoms with E-state index in [0.29, 0.717) is 18.9 Å². The number of likely N-dealkylation sites (N-methyl/N-ethyl adjacent to an activating group) is 1. The Hall–Kier alpha value is -1.19. The molecular weight excluding hydrogens is 250 g/mol. The molecule has 0 spiro atoms. The van der Waals surface area contributed by atoms with E-state index >= 15 is 0 Å². The van der Waals surface area contributed by atoms with E-state index in [2.05, 4.69) is 49.9 Å². The number of morpholine rings is 1. The number of Topliss-reactive ketones (excluding diaryl/α,β-unsaturated/α-hetero) is 1. The topological polar surface area (TPSA) is 29.5 Å². The number of rotatable bonds is 5. The molecule has 1 saturated heterocycles. The van der Waals surface area contributed by atoms with Gasteiger partial charge in [0.05, 0.1) is 6.61 Å². The lowest BCUT2D eigenvalue weighted by Crippen LogP contribution is -2.46. The van der Waals surface area contributed by atoms with Crippen LogP contribution in [0.15, 0.2) is 24.3 Å². The van der Waals surface area contributed by atoms with Gasteiger partial charge in [-0.2, -0.15) is 0 Å². The Bertz CT molecular complexity index is 439. The van der Waals surface area contributed by atoms with Crippen LogP contribution >= 0.6 is 0 Å². The SMILES string of the molecule is CCN1CCOC(C(=O)Cc2ccc(C(C)C)cc2)C1. The molecule has 1 aromatic rings. The molecule has 3 nitrogen and oxygen atoms in total. The van der Waals surface area contributed by atoms with Crippen molar-refractivity contribution in [3.63, 3.8) is 0 Å². The molecule has 3 heteroatoms. The van der Waals surface area contributed by atoms with Crippen LogP contribution in [0.3, 0.4) is 0 Å². The fourth-order valence-corrected chi connectivity index (χ4v) is 2.52. The fourth-order valence-electron chi connectivity index (χ4n) is 2.52. The molecule has 1 fully saturated rings. The second kappa shape index (κ2) is 7.00. The first-order valence-corrected chi connectivity index (χ1v) is 7.55. The van der Waals surface area contributed by atoms with Crippen LogP contribution < -0.4 is 0 Å². The van der Waals surface area contributed by atoms with Crippen molar-refractivity contribution in [1.29, 1.82) is 0 Å². The lowest BCUT2D eigenvalue weighted by molar-refractivity contribution is -0.135. The summed E-state index contributed by atoms with van der Waals surface area (Å²) in [6.07, 6.45) is 0.217. The summed E-state index contributed by atoms with van der Waals surface area (Å²) in [4.78, 5) is 14.6. The van der Waals surface area contributed by atoms with Gasteiger partial charge in [0.1, 0.15) is 6.10 Å². The number of carbonyl (C=O) groups is 1. The van der Waals surface area contributed by atoms with E-state index in [0.717, 1.165) is 25.2 Å². The molecule has 0 radical (unpaired) electrons. The highest BCUT2D eigenvalue weighted by molar-refractivity contribution is 5.85. The zero-order valence-electron chi connectivity index (χ0n) is 12.8. The Morgan fingerprint density at radius 3 is 2.65 bits per heavy atom. The Morgan fingerprint density at radius 1 is 1.35 bits per heavy atom. The Kier molecular flexibility index (Phi) is 5.32. The molecule has 1 atom stereocenters. The van der Waals surface area contributed by atoms with Gasteiger partial charge in [-0.05, 0) is 23.6 Å². The highest BCUT2D eigenvalue weighted by Crippen LogP contribution is 2.16. The molecule has 0 bridgehead atoms. The number of benzene rings is 1. The first-order valence-electron chi connectivity index (χ1n) is 7.55. The van der Waals surface area contributed by atoms with E-state index in [1.807, 2.05) is 0 Å². The van der Waals surface area contributed by atoms with Crippen molar-refractivity contribution in [2.45, 2.75) is 39.2 Å². The fraction of sp³-hybridized carbons (Fsp3) is 0.588. The van der Waals surface area contributed by atoms with Crippen molar-refractivity contribution in [3.8, 4) is 0 Å². The van der Waals surface area contributed by atoms with Crippen LogP contribution in [0.25, 0.3) is 0 Å². The molecule has 0 aromatic heterocycles. The number of hydrogen-bond donors (Lipinski definition) is 0. The minimum Gasteiger partial charge on any atom is -0.368 e. The van der Waals surface area contributed by atoms with Gasteiger partial charge in [0.2, 0.25) is 0 Å². The predicted molar refractivity (Wildman–Crippen MR) is 81.1 cm³/mol. The van der Waals surface area contributed by atoms with Gasteiger partial charge in [0, 0.05) is 19.5 Å². The molecule has 0 aliphatic carbocycles. The lowest BCUT2D eigenvalue weighted by Gasteiger charge is -2.31. The molecule has 1 heterocycles. The summed E-state index contributed by atoms with van der Waals surface area (Å²) < 4.78 is 5.61. The highest BCUT2D eigenvalue weighted by atomic mass is 16.5. The third-order valence-electron chi connectivity index (χ3n) is 3.98. The molecule has 1 aromatic carbocycles. The van der Waals surface area contributed by atoms with E-state index in [1.54, 1.807) is 0 Å². The largest absolute Gasteiger partial charge is 0.368 e. The highest BCUT2D eigenvalue weighted by Gasteiger charge is 2.25. The molecule has 0 saturated carbocycles. The maximum absolute atomic E-state index is 12.3. The van der Waals surface area contributed by atoms with Crippen LogP contribution in [0.5, 0.6) is 0 Å². The van der Waals surface area contributed by atoms with E-state index < -0.39 is 0 Å². The molecule has 0 N–H and O–H groups in total. The quantitative estimate of drug-likeness (QED) is 0.827. The van der Waals surface area contributed by atoms with E-state index in [1.165, 1.54) is 5.56 Å². The van der Waals surface area contributed by atoms with Gasteiger partial charge in [-0.3, -0.25) is 9.69 Å². The third-order valence-corrected chi connectivity index (χ3v) is 3.98. The van der Waals surface area contributed by atoms with E-state index in [4.69, 9.17) is 4.74 Å². The van der Waals surface area contributed by atoms with Crippen LogP contribution in [0.2, 0.25) is 0 Å². The van der Waals surface area contributed by atoms with Crippen molar-refractivity contribution in [1.82, 2.24) is 4.90 Å². The molecule has 1 aliphatic rings. The summed E-state index contributed by atoms with van der Waals surface area (Å²) in [5.41, 5.74) is 2.39. The van der Waals surface area contributed by atoms with Gasteiger partial charge in [-0.1, -0.05) is 45.0 Å². The predicted octanol–water partition coefficient (Wildman–Crippen LogP) is 2.64. The van der Waals surface area contributed by atoms with Crippen LogP contribution in [0, 0.1) is 0 Å². The van der Waals surface area contributed by atoms with Crippen molar-refractivity contribution < 1.29 is 9.53 Å². The smallest absolute Gasteiger partial charge is 0.167 e. The number of ketones is 1. The summed E-state index contributed by atoms with van der Waals surface area (Å²) in [7, 11) is 0. The van der Waals surface area contributed by atoms with Crippen molar-refractivity contribution in [2.75, 3.05) is 26.2 Å². The summed E-state index contributed by atoms with van der Waals surface area (Å²) in [6, 6.07) is 8.36. The van der Waals surface area contributed by atoms with Gasteiger partial charge in [0.15, 0.2) is 5.78 Å². The maximum atomic E-state index is 12.3. The zero-order chi connectivity index (χ0) is 14.5. The van der Waals surface area contributed by atoms with Gasteiger partial charge in [-0.15, -0.1) is 0 Å². The first kappa shape index (κ1) is 15.2. The molecule has 1 aliphatic heterocycles. The molecule has 110 valence electrons. The third kappa shape index (κ3) is 3.90. The van der Waals surface area contributed by atoms with Gasteiger partial charge < -0.3 is 4.74 Å². The summed E-state index contributed by atoms with van der Waals surface area (Å²) in [6.45, 7) is 9.79. The number of ether oxygens (including phenoxy) is 1. The second-order valence-electron chi connectivity index (χ2n) is 5.79. The normalized spacial score (nSPS) is 20.3.